The van der Waals surface area contributed by atoms with Crippen LogP contribution in [0, 0.1) is 12.8 Å². The van der Waals surface area contributed by atoms with Crippen LogP contribution in [0.1, 0.15) is 39.2 Å². The molecule has 3 N–H and O–H groups in total. The van der Waals surface area contributed by atoms with E-state index in [9.17, 15) is 4.79 Å². The third kappa shape index (κ3) is 6.17. The van der Waals surface area contributed by atoms with Gasteiger partial charge in [-0.3, -0.25) is 4.79 Å². The zero-order chi connectivity index (χ0) is 16.0. The number of carbonyl (C=O) groups is 1. The molecule has 0 saturated heterocycles. The summed E-state index contributed by atoms with van der Waals surface area (Å²) >= 11 is 0. The standard InChI is InChI=1S/C17H29N3O/c1-12(2)10-14(4)20(5)9-8-17(21)19-16-7-6-15(18)11-13(16)3/h6-7,11-12,14H,8-10,18H2,1-5H3,(H,19,21). The van der Waals surface area contributed by atoms with Crippen LogP contribution in [0.15, 0.2) is 18.2 Å². The first kappa shape index (κ1) is 17.5. The molecule has 0 fully saturated rings. The van der Waals surface area contributed by atoms with Crippen LogP contribution in [0.3, 0.4) is 0 Å². The monoisotopic (exact) mass is 291 g/mol. The van der Waals surface area contributed by atoms with Crippen molar-refractivity contribution in [1.82, 2.24) is 4.90 Å². The van der Waals surface area contributed by atoms with E-state index in [0.29, 0.717) is 24.1 Å². The third-order valence-electron chi connectivity index (χ3n) is 3.78. The van der Waals surface area contributed by atoms with Gasteiger partial charge in [0, 0.05) is 30.4 Å². The lowest BCUT2D eigenvalue weighted by molar-refractivity contribution is -0.116. The predicted octanol–water partition coefficient (Wildman–Crippen LogP) is 3.27. The molecule has 4 nitrogen and oxygen atoms in total. The fourth-order valence-electron chi connectivity index (χ4n) is 2.40. The SMILES string of the molecule is Cc1cc(N)ccc1NC(=O)CCN(C)C(C)CC(C)C. The van der Waals surface area contributed by atoms with E-state index in [-0.39, 0.29) is 5.91 Å². The summed E-state index contributed by atoms with van der Waals surface area (Å²) in [5.41, 5.74) is 8.26. The summed E-state index contributed by atoms with van der Waals surface area (Å²) in [5, 5.41) is 2.95. The Balaban J connectivity index is 2.43. The van der Waals surface area contributed by atoms with Gasteiger partial charge in [0.2, 0.25) is 5.91 Å². The lowest BCUT2D eigenvalue weighted by atomic mass is 10.0. The predicted molar refractivity (Wildman–Crippen MR) is 90.4 cm³/mol. The molecule has 1 aromatic carbocycles. The largest absolute Gasteiger partial charge is 0.399 e. The topological polar surface area (TPSA) is 58.4 Å². The van der Waals surface area contributed by atoms with Crippen molar-refractivity contribution in [1.29, 1.82) is 0 Å². The number of nitrogens with one attached hydrogen (secondary N) is 1. The van der Waals surface area contributed by atoms with E-state index in [1.807, 2.05) is 19.1 Å². The van der Waals surface area contributed by atoms with Crippen LogP contribution in [0.2, 0.25) is 0 Å². The van der Waals surface area contributed by atoms with Crippen LogP contribution in [-0.4, -0.2) is 30.4 Å². The molecule has 0 aliphatic rings. The number of amides is 1. The Kier molecular flexibility index (Phi) is 6.69. The van der Waals surface area contributed by atoms with Gasteiger partial charge in [0.25, 0.3) is 0 Å². The first-order valence-electron chi connectivity index (χ1n) is 7.65. The average Bonchev–Trinajstić information content (AvgIpc) is 2.38. The Morgan fingerprint density at radius 3 is 2.57 bits per heavy atom. The van der Waals surface area contributed by atoms with Gasteiger partial charge in [-0.15, -0.1) is 0 Å². The maximum Gasteiger partial charge on any atom is 0.225 e. The van der Waals surface area contributed by atoms with Crippen molar-refractivity contribution >= 4 is 17.3 Å². The fourth-order valence-corrected chi connectivity index (χ4v) is 2.40. The van der Waals surface area contributed by atoms with E-state index < -0.39 is 0 Å². The van der Waals surface area contributed by atoms with Crippen LogP contribution in [-0.2, 0) is 4.79 Å². The molecular formula is C17H29N3O. The van der Waals surface area contributed by atoms with Gasteiger partial charge in [0.1, 0.15) is 0 Å². The second-order valence-corrected chi connectivity index (χ2v) is 6.33. The Hall–Kier alpha value is -1.55. The summed E-state index contributed by atoms with van der Waals surface area (Å²) in [6.07, 6.45) is 1.65. The molecule has 0 radical (unpaired) electrons. The van der Waals surface area contributed by atoms with Gasteiger partial charge < -0.3 is 16.0 Å². The number of nitrogen functional groups attached to an aromatic ring is 1. The summed E-state index contributed by atoms with van der Waals surface area (Å²) in [5.74, 6) is 0.722. The van der Waals surface area contributed by atoms with Gasteiger partial charge in [-0.2, -0.15) is 0 Å². The van der Waals surface area contributed by atoms with Gasteiger partial charge in [-0.05, 0) is 57.0 Å². The van der Waals surface area contributed by atoms with Crippen LogP contribution in [0.25, 0.3) is 0 Å². The molecule has 0 aliphatic heterocycles. The van der Waals surface area contributed by atoms with Gasteiger partial charge in [0.15, 0.2) is 0 Å². The number of hydrogen-bond acceptors (Lipinski definition) is 3. The molecule has 1 amide bonds. The Labute approximate surface area is 128 Å². The van der Waals surface area contributed by atoms with Crippen molar-refractivity contribution in [2.45, 2.75) is 46.6 Å². The lowest BCUT2D eigenvalue weighted by Gasteiger charge is -2.25. The zero-order valence-corrected chi connectivity index (χ0v) is 13.9. The van der Waals surface area contributed by atoms with Crippen LogP contribution < -0.4 is 11.1 Å². The molecule has 0 heterocycles. The lowest BCUT2D eigenvalue weighted by Crippen LogP contribution is -2.33. The number of nitrogens with zero attached hydrogens (tertiary/aromatic N) is 1. The number of aryl methyl sites for hydroxylation is 1. The molecule has 118 valence electrons. The first-order valence-corrected chi connectivity index (χ1v) is 7.65. The maximum absolute atomic E-state index is 12.0. The second kappa shape index (κ2) is 8.03. The van der Waals surface area contributed by atoms with E-state index in [4.69, 9.17) is 5.73 Å². The summed E-state index contributed by atoms with van der Waals surface area (Å²) in [6, 6.07) is 6.02. The Morgan fingerprint density at radius 1 is 1.33 bits per heavy atom. The normalized spacial score (nSPS) is 12.7. The fraction of sp³-hybridized carbons (Fsp3) is 0.588. The molecule has 0 bridgehead atoms. The van der Waals surface area contributed by atoms with Crippen molar-refractivity contribution in [2.75, 3.05) is 24.6 Å². The zero-order valence-electron chi connectivity index (χ0n) is 13.9. The van der Waals surface area contributed by atoms with Gasteiger partial charge >= 0.3 is 0 Å². The van der Waals surface area contributed by atoms with E-state index in [1.54, 1.807) is 6.07 Å². The highest BCUT2D eigenvalue weighted by molar-refractivity contribution is 5.91. The van der Waals surface area contributed by atoms with Gasteiger partial charge in [-0.1, -0.05) is 13.8 Å². The number of carbonyl (C=O) groups excluding carboxylic acids is 1. The van der Waals surface area contributed by atoms with Crippen LogP contribution in [0.5, 0.6) is 0 Å². The molecule has 4 heteroatoms. The number of anilines is 2. The number of benzene rings is 1. The molecule has 0 saturated carbocycles. The molecule has 21 heavy (non-hydrogen) atoms. The van der Waals surface area contributed by atoms with E-state index >= 15 is 0 Å². The molecule has 1 atom stereocenters. The summed E-state index contributed by atoms with van der Waals surface area (Å²) in [6.45, 7) is 9.38. The van der Waals surface area contributed by atoms with Gasteiger partial charge in [0.05, 0.1) is 0 Å². The number of nitrogens with two attached hydrogens (primary N) is 1. The first-order chi connectivity index (χ1) is 9.79. The molecule has 0 spiro atoms. The van der Waals surface area contributed by atoms with Crippen molar-refractivity contribution in [3.8, 4) is 0 Å². The number of hydrogen-bond donors (Lipinski definition) is 2. The summed E-state index contributed by atoms with van der Waals surface area (Å²) in [4.78, 5) is 14.3. The van der Waals surface area contributed by atoms with E-state index in [0.717, 1.165) is 24.2 Å². The minimum Gasteiger partial charge on any atom is -0.399 e. The van der Waals surface area contributed by atoms with Crippen molar-refractivity contribution in [3.05, 3.63) is 23.8 Å². The molecule has 0 aliphatic carbocycles. The molecule has 1 unspecified atom stereocenters. The quantitative estimate of drug-likeness (QED) is 0.758. The van der Waals surface area contributed by atoms with Crippen LogP contribution >= 0.6 is 0 Å². The minimum absolute atomic E-state index is 0.0477. The third-order valence-corrected chi connectivity index (χ3v) is 3.78. The average molecular weight is 291 g/mol. The summed E-state index contributed by atoms with van der Waals surface area (Å²) < 4.78 is 0. The highest BCUT2D eigenvalue weighted by Crippen LogP contribution is 2.18. The van der Waals surface area contributed by atoms with Crippen LogP contribution in [0.4, 0.5) is 11.4 Å². The summed E-state index contributed by atoms with van der Waals surface area (Å²) in [7, 11) is 2.08. The molecule has 1 rings (SSSR count). The van der Waals surface area contributed by atoms with E-state index in [2.05, 4.69) is 38.0 Å². The smallest absolute Gasteiger partial charge is 0.225 e. The highest BCUT2D eigenvalue weighted by atomic mass is 16.1. The Bertz CT molecular complexity index is 471. The van der Waals surface area contributed by atoms with Crippen molar-refractivity contribution in [2.24, 2.45) is 5.92 Å². The highest BCUT2D eigenvalue weighted by Gasteiger charge is 2.13. The second-order valence-electron chi connectivity index (χ2n) is 6.33. The minimum atomic E-state index is 0.0477. The molecule has 1 aromatic rings. The Morgan fingerprint density at radius 2 is 2.00 bits per heavy atom. The molecule has 0 aromatic heterocycles. The van der Waals surface area contributed by atoms with Crippen molar-refractivity contribution < 1.29 is 4.79 Å². The number of rotatable bonds is 7. The van der Waals surface area contributed by atoms with Crippen molar-refractivity contribution in [3.63, 3.8) is 0 Å². The maximum atomic E-state index is 12.0. The molecular weight excluding hydrogens is 262 g/mol. The van der Waals surface area contributed by atoms with E-state index in [1.165, 1.54) is 0 Å². The van der Waals surface area contributed by atoms with Gasteiger partial charge in [-0.25, -0.2) is 0 Å².